The van der Waals surface area contributed by atoms with E-state index in [1.54, 1.807) is 0 Å². The van der Waals surface area contributed by atoms with Gasteiger partial charge in [-0.25, -0.2) is 4.79 Å². The first-order valence-electron chi connectivity index (χ1n) is 6.33. The average Bonchev–Trinajstić information content (AvgIpc) is 2.34. The van der Waals surface area contributed by atoms with Gasteiger partial charge in [-0.15, -0.1) is 0 Å². The molecule has 2 N–H and O–H groups in total. The predicted molar refractivity (Wildman–Crippen MR) is 75.9 cm³/mol. The van der Waals surface area contributed by atoms with Crippen molar-refractivity contribution in [1.29, 1.82) is 0 Å². The van der Waals surface area contributed by atoms with Crippen LogP contribution in [0, 0.1) is 5.41 Å². The van der Waals surface area contributed by atoms with Crippen LogP contribution in [0.25, 0.3) is 0 Å². The molecule has 20 heavy (non-hydrogen) atoms. The van der Waals surface area contributed by atoms with E-state index < -0.39 is 5.97 Å². The zero-order valence-electron chi connectivity index (χ0n) is 12.3. The number of aromatic carboxylic acids is 1. The Kier molecular flexibility index (Phi) is 5.21. The second kappa shape index (κ2) is 6.47. The summed E-state index contributed by atoms with van der Waals surface area (Å²) in [5, 5.41) is 11.6. The maximum Gasteiger partial charge on any atom is 0.337 e. The SMILES string of the molecule is CN(C)CC(C)(C)CNC(=O)c1ccc(C(=O)O)cn1. The van der Waals surface area contributed by atoms with Gasteiger partial charge >= 0.3 is 5.97 Å². The summed E-state index contributed by atoms with van der Waals surface area (Å²) in [6.07, 6.45) is 1.18. The number of hydrogen-bond acceptors (Lipinski definition) is 4. The van der Waals surface area contributed by atoms with Gasteiger partial charge in [0.15, 0.2) is 0 Å². The molecular formula is C14H21N3O3. The number of rotatable bonds is 6. The molecule has 0 aliphatic heterocycles. The van der Waals surface area contributed by atoms with E-state index in [-0.39, 0.29) is 22.6 Å². The molecule has 6 heteroatoms. The standard InChI is InChI=1S/C14H21N3O3/c1-14(2,9-17(3)4)8-16-12(18)11-6-5-10(7-15-11)13(19)20/h5-7H,8-9H2,1-4H3,(H,16,18)(H,19,20). The van der Waals surface area contributed by atoms with Gasteiger partial charge in [0.1, 0.15) is 5.69 Å². The van der Waals surface area contributed by atoms with E-state index in [1.807, 2.05) is 14.1 Å². The van der Waals surface area contributed by atoms with Crippen molar-refractivity contribution in [2.45, 2.75) is 13.8 Å². The van der Waals surface area contributed by atoms with Crippen LogP contribution >= 0.6 is 0 Å². The molecule has 1 rings (SSSR count). The van der Waals surface area contributed by atoms with Crippen LogP contribution in [0.4, 0.5) is 0 Å². The molecule has 1 aromatic rings. The first kappa shape index (κ1) is 16.1. The summed E-state index contributed by atoms with van der Waals surface area (Å²) in [5.74, 6) is -1.36. The molecule has 0 bridgehead atoms. The van der Waals surface area contributed by atoms with Crippen molar-refractivity contribution >= 4 is 11.9 Å². The van der Waals surface area contributed by atoms with Gasteiger partial charge in [0.2, 0.25) is 0 Å². The minimum atomic E-state index is -1.06. The van der Waals surface area contributed by atoms with Crippen molar-refractivity contribution in [2.24, 2.45) is 5.41 Å². The van der Waals surface area contributed by atoms with Gasteiger partial charge in [-0.3, -0.25) is 9.78 Å². The number of carbonyl (C=O) groups is 2. The normalized spacial score (nSPS) is 11.4. The average molecular weight is 279 g/mol. The summed E-state index contributed by atoms with van der Waals surface area (Å²) in [6.45, 7) is 5.49. The van der Waals surface area contributed by atoms with Crippen LogP contribution < -0.4 is 5.32 Å². The van der Waals surface area contributed by atoms with Gasteiger partial charge < -0.3 is 15.3 Å². The summed E-state index contributed by atoms with van der Waals surface area (Å²) in [7, 11) is 3.96. The topological polar surface area (TPSA) is 82.5 Å². The fourth-order valence-electron chi connectivity index (χ4n) is 1.98. The van der Waals surface area contributed by atoms with Gasteiger partial charge in [0.25, 0.3) is 5.91 Å². The molecule has 0 aliphatic carbocycles. The third-order valence-corrected chi connectivity index (χ3v) is 2.71. The van der Waals surface area contributed by atoms with Gasteiger partial charge in [0.05, 0.1) is 5.56 Å². The number of aromatic nitrogens is 1. The number of carbonyl (C=O) groups excluding carboxylic acids is 1. The molecule has 0 saturated carbocycles. The lowest BCUT2D eigenvalue weighted by molar-refractivity contribution is 0.0695. The van der Waals surface area contributed by atoms with E-state index in [9.17, 15) is 9.59 Å². The van der Waals surface area contributed by atoms with Crippen molar-refractivity contribution < 1.29 is 14.7 Å². The number of pyridine rings is 1. The van der Waals surface area contributed by atoms with Crippen molar-refractivity contribution in [2.75, 3.05) is 27.2 Å². The maximum absolute atomic E-state index is 11.9. The molecule has 1 aromatic heterocycles. The monoisotopic (exact) mass is 279 g/mol. The molecule has 6 nitrogen and oxygen atoms in total. The van der Waals surface area contributed by atoms with E-state index in [1.165, 1.54) is 18.3 Å². The smallest absolute Gasteiger partial charge is 0.337 e. The van der Waals surface area contributed by atoms with Crippen molar-refractivity contribution in [3.8, 4) is 0 Å². The molecule has 0 unspecified atom stereocenters. The Morgan fingerprint density at radius 2 is 2.00 bits per heavy atom. The molecule has 1 amide bonds. The Bertz CT molecular complexity index is 481. The molecule has 0 radical (unpaired) electrons. The molecule has 0 spiro atoms. The number of carboxylic acids is 1. The molecule has 0 atom stereocenters. The van der Waals surface area contributed by atoms with Gasteiger partial charge in [-0.2, -0.15) is 0 Å². The summed E-state index contributed by atoms with van der Waals surface area (Å²) in [6, 6.07) is 2.78. The highest BCUT2D eigenvalue weighted by atomic mass is 16.4. The molecule has 0 saturated heterocycles. The minimum absolute atomic E-state index is 0.0554. The fraction of sp³-hybridized carbons (Fsp3) is 0.500. The van der Waals surface area contributed by atoms with E-state index >= 15 is 0 Å². The number of carboxylic acid groups (broad SMARTS) is 1. The lowest BCUT2D eigenvalue weighted by atomic mass is 9.93. The number of amides is 1. The van der Waals surface area contributed by atoms with Crippen LogP contribution in [-0.4, -0.2) is 54.1 Å². The summed E-state index contributed by atoms with van der Waals surface area (Å²) < 4.78 is 0. The Labute approximate surface area is 118 Å². The first-order chi connectivity index (χ1) is 9.21. The Balaban J connectivity index is 2.61. The molecular weight excluding hydrogens is 258 g/mol. The Morgan fingerprint density at radius 1 is 1.35 bits per heavy atom. The van der Waals surface area contributed by atoms with Crippen LogP contribution in [0.3, 0.4) is 0 Å². The second-order valence-electron chi connectivity index (χ2n) is 5.82. The van der Waals surface area contributed by atoms with Gasteiger partial charge in [-0.1, -0.05) is 13.8 Å². The van der Waals surface area contributed by atoms with Crippen LogP contribution in [0.2, 0.25) is 0 Å². The lowest BCUT2D eigenvalue weighted by Gasteiger charge is -2.28. The van der Waals surface area contributed by atoms with Crippen LogP contribution in [0.15, 0.2) is 18.3 Å². The van der Waals surface area contributed by atoms with Crippen LogP contribution in [0.5, 0.6) is 0 Å². The lowest BCUT2D eigenvalue weighted by Crippen LogP contribution is -2.40. The second-order valence-corrected chi connectivity index (χ2v) is 5.82. The molecule has 0 fully saturated rings. The number of hydrogen-bond donors (Lipinski definition) is 2. The van der Waals surface area contributed by atoms with Gasteiger partial charge in [-0.05, 0) is 31.6 Å². The predicted octanol–water partition coefficient (Wildman–Crippen LogP) is 1.10. The first-order valence-corrected chi connectivity index (χ1v) is 6.33. The summed E-state index contributed by atoms with van der Waals surface area (Å²) in [4.78, 5) is 28.5. The van der Waals surface area contributed by atoms with Crippen LogP contribution in [0.1, 0.15) is 34.7 Å². The molecule has 0 aromatic carbocycles. The van der Waals surface area contributed by atoms with E-state index in [2.05, 4.69) is 29.0 Å². The highest BCUT2D eigenvalue weighted by Crippen LogP contribution is 2.14. The van der Waals surface area contributed by atoms with E-state index in [0.29, 0.717) is 6.54 Å². The third-order valence-electron chi connectivity index (χ3n) is 2.71. The fourth-order valence-corrected chi connectivity index (χ4v) is 1.98. The maximum atomic E-state index is 11.9. The van der Waals surface area contributed by atoms with Crippen molar-refractivity contribution in [3.05, 3.63) is 29.6 Å². The summed E-state index contributed by atoms with van der Waals surface area (Å²) >= 11 is 0. The van der Waals surface area contributed by atoms with Crippen LogP contribution in [-0.2, 0) is 0 Å². The van der Waals surface area contributed by atoms with Crippen molar-refractivity contribution in [3.63, 3.8) is 0 Å². The zero-order valence-corrected chi connectivity index (χ0v) is 12.3. The quantitative estimate of drug-likeness (QED) is 0.814. The number of nitrogens with zero attached hydrogens (tertiary/aromatic N) is 2. The number of nitrogens with one attached hydrogen (secondary N) is 1. The van der Waals surface area contributed by atoms with Crippen molar-refractivity contribution in [1.82, 2.24) is 15.2 Å². The van der Waals surface area contributed by atoms with E-state index in [4.69, 9.17) is 5.11 Å². The molecule has 110 valence electrons. The largest absolute Gasteiger partial charge is 0.478 e. The Hall–Kier alpha value is -1.95. The van der Waals surface area contributed by atoms with Gasteiger partial charge in [0, 0.05) is 19.3 Å². The molecule has 1 heterocycles. The minimum Gasteiger partial charge on any atom is -0.478 e. The highest BCUT2D eigenvalue weighted by molar-refractivity contribution is 5.93. The summed E-state index contributed by atoms with van der Waals surface area (Å²) in [5.41, 5.74) is 0.227. The molecule has 0 aliphatic rings. The third kappa shape index (κ3) is 4.97. The highest BCUT2D eigenvalue weighted by Gasteiger charge is 2.20. The zero-order chi connectivity index (χ0) is 15.3. The van der Waals surface area contributed by atoms with E-state index in [0.717, 1.165) is 6.54 Å². The Morgan fingerprint density at radius 3 is 2.45 bits per heavy atom.